The standard InChI is InChI=1S/C18H31N3O/c1-16(2,3)15(22)18(7)12-10-8-9-11-13-14(18)19-20-21(13)17(4,5)6/h8-12H2,1-7H3. The van der Waals surface area contributed by atoms with Gasteiger partial charge in [0.15, 0.2) is 0 Å². The lowest BCUT2D eigenvalue weighted by molar-refractivity contribution is -0.132. The molecule has 0 aliphatic heterocycles. The molecule has 0 amide bonds. The van der Waals surface area contributed by atoms with E-state index in [2.05, 4.69) is 38.0 Å². The van der Waals surface area contributed by atoms with Crippen LogP contribution in [0.1, 0.15) is 85.5 Å². The highest BCUT2D eigenvalue weighted by atomic mass is 16.1. The van der Waals surface area contributed by atoms with Gasteiger partial charge in [-0.3, -0.25) is 4.79 Å². The van der Waals surface area contributed by atoms with E-state index >= 15 is 0 Å². The number of carbonyl (C=O) groups is 1. The molecular formula is C18H31N3O. The number of hydrogen-bond donors (Lipinski definition) is 0. The van der Waals surface area contributed by atoms with Crippen molar-refractivity contribution in [2.24, 2.45) is 5.41 Å². The molecule has 1 atom stereocenters. The van der Waals surface area contributed by atoms with Crippen LogP contribution in [0.25, 0.3) is 0 Å². The van der Waals surface area contributed by atoms with Gasteiger partial charge in [0.05, 0.1) is 22.3 Å². The highest BCUT2D eigenvalue weighted by molar-refractivity contribution is 5.93. The van der Waals surface area contributed by atoms with Crippen molar-refractivity contribution in [2.45, 2.75) is 91.5 Å². The maximum absolute atomic E-state index is 13.2. The second-order valence-electron chi connectivity index (χ2n) is 8.94. The molecule has 1 aromatic heterocycles. The summed E-state index contributed by atoms with van der Waals surface area (Å²) in [6.45, 7) is 14.5. The largest absolute Gasteiger partial charge is 0.298 e. The number of fused-ring (bicyclic) bond motifs is 1. The molecular weight excluding hydrogens is 274 g/mol. The lowest BCUT2D eigenvalue weighted by Crippen LogP contribution is -2.42. The van der Waals surface area contributed by atoms with Gasteiger partial charge in [-0.15, -0.1) is 5.10 Å². The van der Waals surface area contributed by atoms with Crippen LogP contribution in [-0.4, -0.2) is 20.8 Å². The Balaban J connectivity index is 2.60. The number of Topliss-reactive ketones (excluding diaryl/α,β-unsaturated/α-hetero) is 1. The van der Waals surface area contributed by atoms with Crippen LogP contribution in [0.5, 0.6) is 0 Å². The molecule has 4 nitrogen and oxygen atoms in total. The number of rotatable bonds is 1. The number of hydrogen-bond acceptors (Lipinski definition) is 3. The predicted molar refractivity (Wildman–Crippen MR) is 89.0 cm³/mol. The smallest absolute Gasteiger partial charge is 0.150 e. The van der Waals surface area contributed by atoms with Crippen LogP contribution < -0.4 is 0 Å². The quantitative estimate of drug-likeness (QED) is 0.787. The van der Waals surface area contributed by atoms with Crippen LogP contribution >= 0.6 is 0 Å². The van der Waals surface area contributed by atoms with E-state index in [1.807, 2.05) is 25.5 Å². The summed E-state index contributed by atoms with van der Waals surface area (Å²) in [5.74, 6) is 0.282. The van der Waals surface area contributed by atoms with E-state index in [0.717, 1.165) is 37.1 Å². The van der Waals surface area contributed by atoms with Crippen LogP contribution in [0, 0.1) is 5.41 Å². The van der Waals surface area contributed by atoms with Crippen LogP contribution in [0.15, 0.2) is 0 Å². The number of ketones is 1. The van der Waals surface area contributed by atoms with Crippen molar-refractivity contribution < 1.29 is 4.79 Å². The molecule has 124 valence electrons. The summed E-state index contributed by atoms with van der Waals surface area (Å²) in [6.07, 6.45) is 5.24. The molecule has 0 saturated carbocycles. The lowest BCUT2D eigenvalue weighted by Gasteiger charge is -2.35. The predicted octanol–water partition coefficient (Wildman–Crippen LogP) is 4.02. The topological polar surface area (TPSA) is 47.8 Å². The fourth-order valence-electron chi connectivity index (χ4n) is 3.61. The first kappa shape index (κ1) is 17.2. The molecule has 0 N–H and O–H groups in total. The molecule has 0 radical (unpaired) electrons. The SMILES string of the molecule is CC(C)(C)C(=O)C1(C)CCCCCc2c1nnn2C(C)(C)C. The van der Waals surface area contributed by atoms with Crippen molar-refractivity contribution in [3.63, 3.8) is 0 Å². The Labute approximate surface area is 134 Å². The fraction of sp³-hybridized carbons (Fsp3) is 0.833. The molecule has 1 aromatic rings. The zero-order chi connectivity index (χ0) is 16.8. The molecule has 1 heterocycles. The Morgan fingerprint density at radius 1 is 1.09 bits per heavy atom. The Morgan fingerprint density at radius 3 is 2.27 bits per heavy atom. The van der Waals surface area contributed by atoms with Crippen LogP contribution in [0.4, 0.5) is 0 Å². The molecule has 1 aliphatic carbocycles. The zero-order valence-electron chi connectivity index (χ0n) is 15.3. The van der Waals surface area contributed by atoms with Crippen molar-refractivity contribution in [1.29, 1.82) is 0 Å². The lowest BCUT2D eigenvalue weighted by atomic mass is 9.67. The van der Waals surface area contributed by atoms with E-state index in [-0.39, 0.29) is 16.7 Å². The van der Waals surface area contributed by atoms with Crippen molar-refractivity contribution in [2.75, 3.05) is 0 Å². The Kier molecular flexibility index (Phi) is 4.27. The first-order valence-electron chi connectivity index (χ1n) is 8.48. The van der Waals surface area contributed by atoms with E-state index in [1.54, 1.807) is 0 Å². The summed E-state index contributed by atoms with van der Waals surface area (Å²) in [5, 5.41) is 8.93. The molecule has 0 aromatic carbocycles. The van der Waals surface area contributed by atoms with E-state index in [1.165, 1.54) is 6.42 Å². The van der Waals surface area contributed by atoms with Crippen molar-refractivity contribution >= 4 is 5.78 Å². The third-order valence-electron chi connectivity index (χ3n) is 4.69. The van der Waals surface area contributed by atoms with E-state index in [4.69, 9.17) is 0 Å². The Morgan fingerprint density at radius 2 is 1.73 bits per heavy atom. The summed E-state index contributed by atoms with van der Waals surface area (Å²) in [5.41, 5.74) is 1.09. The normalized spacial score (nSPS) is 23.6. The van der Waals surface area contributed by atoms with Gasteiger partial charge in [-0.05, 0) is 47.0 Å². The van der Waals surface area contributed by atoms with E-state index < -0.39 is 5.41 Å². The molecule has 0 saturated heterocycles. The minimum absolute atomic E-state index is 0.106. The summed E-state index contributed by atoms with van der Waals surface area (Å²) in [7, 11) is 0. The third kappa shape index (κ3) is 2.97. The van der Waals surface area contributed by atoms with Gasteiger partial charge in [0, 0.05) is 5.41 Å². The molecule has 2 rings (SSSR count). The van der Waals surface area contributed by atoms with E-state index in [9.17, 15) is 4.79 Å². The fourth-order valence-corrected chi connectivity index (χ4v) is 3.61. The monoisotopic (exact) mass is 305 g/mol. The minimum atomic E-state index is -0.516. The molecule has 0 fully saturated rings. The Bertz CT molecular complexity index is 560. The van der Waals surface area contributed by atoms with Gasteiger partial charge in [-0.1, -0.05) is 38.8 Å². The van der Waals surface area contributed by atoms with Crippen molar-refractivity contribution in [3.8, 4) is 0 Å². The number of carbonyl (C=O) groups excluding carboxylic acids is 1. The molecule has 22 heavy (non-hydrogen) atoms. The molecule has 1 aliphatic rings. The second kappa shape index (κ2) is 5.47. The number of aromatic nitrogens is 3. The van der Waals surface area contributed by atoms with Crippen LogP contribution in [0.3, 0.4) is 0 Å². The molecule has 1 unspecified atom stereocenters. The Hall–Kier alpha value is -1.19. The van der Waals surface area contributed by atoms with E-state index in [0.29, 0.717) is 0 Å². The summed E-state index contributed by atoms with van der Waals surface area (Å²) < 4.78 is 2.03. The first-order chi connectivity index (χ1) is 9.98. The third-order valence-corrected chi connectivity index (χ3v) is 4.69. The van der Waals surface area contributed by atoms with Gasteiger partial charge in [0.2, 0.25) is 0 Å². The van der Waals surface area contributed by atoms with Gasteiger partial charge < -0.3 is 0 Å². The van der Waals surface area contributed by atoms with Crippen LogP contribution in [0.2, 0.25) is 0 Å². The maximum Gasteiger partial charge on any atom is 0.150 e. The minimum Gasteiger partial charge on any atom is -0.298 e. The highest BCUT2D eigenvalue weighted by Crippen LogP contribution is 2.40. The summed E-state index contributed by atoms with van der Waals surface area (Å²) >= 11 is 0. The maximum atomic E-state index is 13.2. The van der Waals surface area contributed by atoms with Gasteiger partial charge in [0.1, 0.15) is 5.78 Å². The van der Waals surface area contributed by atoms with Gasteiger partial charge in [-0.25, -0.2) is 4.68 Å². The summed E-state index contributed by atoms with van der Waals surface area (Å²) in [6, 6.07) is 0. The van der Waals surface area contributed by atoms with Gasteiger partial charge >= 0.3 is 0 Å². The first-order valence-corrected chi connectivity index (χ1v) is 8.48. The highest BCUT2D eigenvalue weighted by Gasteiger charge is 2.45. The summed E-state index contributed by atoms with van der Waals surface area (Å²) in [4.78, 5) is 13.2. The van der Waals surface area contributed by atoms with Gasteiger partial charge in [0.25, 0.3) is 0 Å². The molecule has 0 bridgehead atoms. The molecule has 4 heteroatoms. The van der Waals surface area contributed by atoms with Crippen molar-refractivity contribution in [3.05, 3.63) is 11.4 Å². The molecule has 0 spiro atoms. The van der Waals surface area contributed by atoms with Crippen molar-refractivity contribution in [1.82, 2.24) is 15.0 Å². The van der Waals surface area contributed by atoms with Crippen LogP contribution in [-0.2, 0) is 22.2 Å². The zero-order valence-corrected chi connectivity index (χ0v) is 15.3. The average molecular weight is 305 g/mol. The average Bonchev–Trinajstić information content (AvgIpc) is 2.77. The second-order valence-corrected chi connectivity index (χ2v) is 8.94. The van der Waals surface area contributed by atoms with Gasteiger partial charge in [-0.2, -0.15) is 0 Å². The number of nitrogens with zero attached hydrogens (tertiary/aromatic N) is 3.